The normalized spacial score (nSPS) is 18.6. The quantitative estimate of drug-likeness (QED) is 0.349. The molecule has 2 aliphatic rings. The molecule has 0 saturated carbocycles. The van der Waals surface area contributed by atoms with Crippen molar-refractivity contribution in [3.8, 4) is 0 Å². The molecule has 2 aliphatic heterocycles. The summed E-state index contributed by atoms with van der Waals surface area (Å²) in [4.78, 5) is 31.5. The van der Waals surface area contributed by atoms with E-state index in [0.29, 0.717) is 78.6 Å². The summed E-state index contributed by atoms with van der Waals surface area (Å²) >= 11 is 0. The van der Waals surface area contributed by atoms with Gasteiger partial charge in [0.05, 0.1) is 24.5 Å². The second-order valence-corrected chi connectivity index (χ2v) is 9.02. The molecule has 194 valence electrons. The number of aromatic nitrogens is 3. The number of hydrogen-bond donors (Lipinski definition) is 4. The zero-order valence-electron chi connectivity index (χ0n) is 20.7. The largest absolute Gasteiger partial charge is 0.422 e. The Morgan fingerprint density at radius 2 is 2.03 bits per heavy atom. The molecule has 0 bridgehead atoms. The molecule has 37 heavy (non-hydrogen) atoms. The van der Waals surface area contributed by atoms with Crippen molar-refractivity contribution in [2.45, 2.75) is 18.9 Å². The van der Waals surface area contributed by atoms with Crippen LogP contribution in [0, 0.1) is 5.41 Å². The summed E-state index contributed by atoms with van der Waals surface area (Å²) in [5.74, 6) is 0.513. The number of hydrogen-bond acceptors (Lipinski definition) is 11. The van der Waals surface area contributed by atoms with E-state index in [9.17, 15) is 4.79 Å². The van der Waals surface area contributed by atoms with Crippen LogP contribution in [-0.4, -0.2) is 79.6 Å². The van der Waals surface area contributed by atoms with Crippen molar-refractivity contribution in [1.29, 1.82) is 5.41 Å². The van der Waals surface area contributed by atoms with E-state index in [2.05, 4.69) is 20.6 Å². The Kier molecular flexibility index (Phi) is 7.28. The van der Waals surface area contributed by atoms with Crippen LogP contribution in [0.2, 0.25) is 0 Å². The average molecular weight is 506 g/mol. The number of carbonyl (C=O) groups is 1. The second kappa shape index (κ2) is 10.9. The molecule has 5 heterocycles. The molecule has 0 radical (unpaired) electrons. The van der Waals surface area contributed by atoms with E-state index in [-0.39, 0.29) is 11.9 Å². The summed E-state index contributed by atoms with van der Waals surface area (Å²) in [6.45, 7) is 3.90. The van der Waals surface area contributed by atoms with Crippen LogP contribution in [0.3, 0.4) is 0 Å². The Bertz CT molecular complexity index is 1320. The Morgan fingerprint density at radius 3 is 2.78 bits per heavy atom. The Hall–Kier alpha value is -4.03. The van der Waals surface area contributed by atoms with Gasteiger partial charge in [-0.05, 0) is 25.0 Å². The van der Waals surface area contributed by atoms with Gasteiger partial charge in [-0.3, -0.25) is 4.79 Å². The number of ether oxygens (including phenoxy) is 1. The Labute approximate surface area is 214 Å². The van der Waals surface area contributed by atoms with Crippen LogP contribution in [0.1, 0.15) is 28.9 Å². The molecule has 0 aromatic carbocycles. The van der Waals surface area contributed by atoms with Crippen molar-refractivity contribution < 1.29 is 13.9 Å². The van der Waals surface area contributed by atoms with Crippen LogP contribution in [0.4, 0.5) is 17.7 Å². The van der Waals surface area contributed by atoms with E-state index in [4.69, 9.17) is 25.3 Å². The van der Waals surface area contributed by atoms with Gasteiger partial charge in [0.2, 0.25) is 5.65 Å². The fourth-order valence-electron chi connectivity index (χ4n) is 4.54. The van der Waals surface area contributed by atoms with Gasteiger partial charge in [0.15, 0.2) is 5.58 Å². The lowest BCUT2D eigenvalue weighted by Gasteiger charge is -2.32. The maximum atomic E-state index is 13.6. The molecule has 1 amide bonds. The van der Waals surface area contributed by atoms with E-state index in [1.54, 1.807) is 37.5 Å². The van der Waals surface area contributed by atoms with Crippen molar-refractivity contribution >= 4 is 46.6 Å². The highest BCUT2D eigenvalue weighted by molar-refractivity contribution is 6.10. The number of amides is 1. The van der Waals surface area contributed by atoms with Crippen LogP contribution in [0.25, 0.3) is 16.8 Å². The van der Waals surface area contributed by atoms with Crippen LogP contribution in [0.15, 0.2) is 34.9 Å². The van der Waals surface area contributed by atoms with Crippen LogP contribution in [0.5, 0.6) is 0 Å². The number of piperidine rings is 1. The molecule has 3 aromatic rings. The lowest BCUT2D eigenvalue weighted by molar-refractivity contribution is 0.102. The van der Waals surface area contributed by atoms with Gasteiger partial charge in [-0.1, -0.05) is 6.07 Å². The molecule has 3 aromatic heterocycles. The van der Waals surface area contributed by atoms with Gasteiger partial charge in [0, 0.05) is 63.3 Å². The number of nitrogens with zero attached hydrogens (tertiary/aromatic N) is 5. The Balaban J connectivity index is 1.50. The number of nitrogens with two attached hydrogens (primary N) is 1. The van der Waals surface area contributed by atoms with E-state index in [1.165, 1.54) is 6.21 Å². The summed E-state index contributed by atoms with van der Waals surface area (Å²) in [6.07, 6.45) is 4.72. The first-order valence-electron chi connectivity index (χ1n) is 12.4. The average Bonchev–Trinajstić information content (AvgIpc) is 3.35. The minimum absolute atomic E-state index is 0.000215. The van der Waals surface area contributed by atoms with Gasteiger partial charge in [-0.2, -0.15) is 4.98 Å². The number of anilines is 3. The first-order valence-corrected chi connectivity index (χ1v) is 12.4. The molecule has 12 nitrogen and oxygen atoms in total. The van der Waals surface area contributed by atoms with Crippen LogP contribution < -0.4 is 26.2 Å². The van der Waals surface area contributed by atoms with E-state index >= 15 is 0 Å². The summed E-state index contributed by atoms with van der Waals surface area (Å²) in [7, 11) is 1.75. The number of pyridine rings is 2. The standard InChI is InChI=1S/C25H31N9O3/c1-28-14-16(13-26)19-5-2-6-21(29-19)30-24(35)18-12-20-22(31-23(18)34-7-3-4-17(27)15-34)32-25(37-20)33-8-10-36-11-9-33/h2,5-6,12-14,17,26,28H,3-4,7-11,15,27H2,1H3,(H,29,30,35)/b16-14+,26-13?. The van der Waals surface area contributed by atoms with Gasteiger partial charge in [0.25, 0.3) is 11.9 Å². The fraction of sp³-hybridized carbons (Fsp3) is 0.400. The predicted octanol–water partition coefficient (Wildman–Crippen LogP) is 1.84. The number of fused-ring (bicyclic) bond motifs is 1. The van der Waals surface area contributed by atoms with Gasteiger partial charge in [0.1, 0.15) is 11.6 Å². The first kappa shape index (κ1) is 24.7. The molecule has 5 rings (SSSR count). The Morgan fingerprint density at radius 1 is 1.19 bits per heavy atom. The molecular weight excluding hydrogens is 474 g/mol. The van der Waals surface area contributed by atoms with E-state index in [1.807, 2.05) is 9.80 Å². The minimum atomic E-state index is -0.369. The van der Waals surface area contributed by atoms with E-state index < -0.39 is 0 Å². The number of nitrogens with one attached hydrogen (secondary N) is 3. The van der Waals surface area contributed by atoms with Crippen molar-refractivity contribution in [2.75, 3.05) is 61.6 Å². The van der Waals surface area contributed by atoms with Crippen LogP contribution in [-0.2, 0) is 4.74 Å². The van der Waals surface area contributed by atoms with Gasteiger partial charge in [-0.15, -0.1) is 0 Å². The molecular formula is C25H31N9O3. The molecule has 1 unspecified atom stereocenters. The highest BCUT2D eigenvalue weighted by Gasteiger charge is 2.27. The third-order valence-corrected chi connectivity index (χ3v) is 6.38. The van der Waals surface area contributed by atoms with Crippen molar-refractivity contribution in [2.24, 2.45) is 5.73 Å². The second-order valence-electron chi connectivity index (χ2n) is 9.02. The van der Waals surface area contributed by atoms with Crippen molar-refractivity contribution in [3.63, 3.8) is 0 Å². The number of allylic oxidation sites excluding steroid dienone is 1. The van der Waals surface area contributed by atoms with Gasteiger partial charge in [-0.25, -0.2) is 9.97 Å². The molecule has 5 N–H and O–H groups in total. The lowest BCUT2D eigenvalue weighted by Crippen LogP contribution is -2.44. The number of carbonyl (C=O) groups excluding carboxylic acids is 1. The first-order chi connectivity index (χ1) is 18.1. The summed E-state index contributed by atoms with van der Waals surface area (Å²) < 4.78 is 11.5. The van der Waals surface area contributed by atoms with Crippen molar-refractivity contribution in [1.82, 2.24) is 20.3 Å². The van der Waals surface area contributed by atoms with Gasteiger partial charge >= 0.3 is 0 Å². The molecule has 1 atom stereocenters. The van der Waals surface area contributed by atoms with Gasteiger partial charge < -0.3 is 40.7 Å². The number of morpholine rings is 1. The lowest BCUT2D eigenvalue weighted by atomic mass is 10.1. The monoisotopic (exact) mass is 505 g/mol. The van der Waals surface area contributed by atoms with Crippen molar-refractivity contribution in [3.05, 3.63) is 41.7 Å². The molecule has 2 fully saturated rings. The molecule has 2 saturated heterocycles. The summed E-state index contributed by atoms with van der Waals surface area (Å²) in [5.41, 5.74) is 8.63. The smallest absolute Gasteiger partial charge is 0.300 e. The highest BCUT2D eigenvalue weighted by atomic mass is 16.5. The number of oxazole rings is 1. The third-order valence-electron chi connectivity index (χ3n) is 6.38. The molecule has 0 aliphatic carbocycles. The topological polar surface area (TPSA) is 159 Å². The fourth-order valence-corrected chi connectivity index (χ4v) is 4.54. The zero-order valence-corrected chi connectivity index (χ0v) is 20.7. The molecule has 12 heteroatoms. The zero-order chi connectivity index (χ0) is 25.8. The molecule has 0 spiro atoms. The predicted molar refractivity (Wildman–Crippen MR) is 142 cm³/mol. The highest BCUT2D eigenvalue weighted by Crippen LogP contribution is 2.29. The number of rotatable bonds is 7. The SMILES string of the molecule is CN/C=C(\C=N)c1cccc(NC(=O)c2cc3oc(N4CCOCC4)nc3nc2N2CCCC(N)C2)n1. The minimum Gasteiger partial charge on any atom is -0.422 e. The summed E-state index contributed by atoms with van der Waals surface area (Å²) in [5, 5.41) is 13.4. The maximum absolute atomic E-state index is 13.6. The van der Waals surface area contributed by atoms with Crippen LogP contribution >= 0.6 is 0 Å². The summed E-state index contributed by atoms with van der Waals surface area (Å²) in [6, 6.07) is 7.42. The third kappa shape index (κ3) is 5.39. The van der Waals surface area contributed by atoms with E-state index in [0.717, 1.165) is 19.4 Å². The maximum Gasteiger partial charge on any atom is 0.300 e.